The second kappa shape index (κ2) is 5.52. The highest BCUT2D eigenvalue weighted by molar-refractivity contribution is 5.17. The Kier molecular flexibility index (Phi) is 4.63. The smallest absolute Gasteiger partial charge is 0.0975 e. The Hall–Kier alpha value is -0.340. The molecule has 1 aliphatic rings. The molecule has 0 saturated heterocycles. The van der Waals surface area contributed by atoms with Crippen molar-refractivity contribution in [2.45, 2.75) is 57.5 Å². The standard InChI is InChI=1S/C12H23NO/c1-2-12(14,10-13)11-8-6-4-3-5-7-9-11/h8,14H,2-7,9-10,13H2,1H3. The largest absolute Gasteiger partial charge is 0.384 e. The Morgan fingerprint density at radius 1 is 1.36 bits per heavy atom. The second-order valence-electron chi connectivity index (χ2n) is 4.27. The molecule has 0 amide bonds. The van der Waals surface area contributed by atoms with Gasteiger partial charge in [0.1, 0.15) is 0 Å². The van der Waals surface area contributed by atoms with Crippen LogP contribution in [0.15, 0.2) is 11.6 Å². The van der Waals surface area contributed by atoms with E-state index in [1.807, 2.05) is 6.92 Å². The van der Waals surface area contributed by atoms with Crippen molar-refractivity contribution in [1.82, 2.24) is 0 Å². The number of hydrogen-bond donors (Lipinski definition) is 2. The van der Waals surface area contributed by atoms with Gasteiger partial charge in [0.15, 0.2) is 0 Å². The van der Waals surface area contributed by atoms with Crippen LogP contribution in [0.2, 0.25) is 0 Å². The van der Waals surface area contributed by atoms with Gasteiger partial charge in [0.25, 0.3) is 0 Å². The molecule has 0 radical (unpaired) electrons. The molecule has 3 N–H and O–H groups in total. The normalized spacial score (nSPS) is 23.2. The molecule has 0 heterocycles. The van der Waals surface area contributed by atoms with E-state index in [0.29, 0.717) is 6.54 Å². The van der Waals surface area contributed by atoms with Crippen LogP contribution in [-0.4, -0.2) is 17.3 Å². The van der Waals surface area contributed by atoms with Gasteiger partial charge >= 0.3 is 0 Å². The minimum atomic E-state index is -0.725. The highest BCUT2D eigenvalue weighted by Crippen LogP contribution is 2.27. The molecular formula is C12H23NO. The molecule has 1 unspecified atom stereocenters. The average Bonchev–Trinajstić information content (AvgIpc) is 2.16. The summed E-state index contributed by atoms with van der Waals surface area (Å²) < 4.78 is 0. The van der Waals surface area contributed by atoms with E-state index in [-0.39, 0.29) is 0 Å². The predicted molar refractivity (Wildman–Crippen MR) is 60.1 cm³/mol. The van der Waals surface area contributed by atoms with Gasteiger partial charge in [-0.3, -0.25) is 0 Å². The Balaban J connectivity index is 2.70. The van der Waals surface area contributed by atoms with Crippen LogP contribution in [0.1, 0.15) is 51.9 Å². The van der Waals surface area contributed by atoms with Gasteiger partial charge in [-0.05, 0) is 37.7 Å². The lowest BCUT2D eigenvalue weighted by Gasteiger charge is -2.29. The van der Waals surface area contributed by atoms with Gasteiger partial charge < -0.3 is 10.8 Å². The number of nitrogens with two attached hydrogens (primary N) is 1. The fourth-order valence-electron chi connectivity index (χ4n) is 2.12. The van der Waals surface area contributed by atoms with Gasteiger partial charge in [0.05, 0.1) is 5.60 Å². The molecule has 2 heteroatoms. The van der Waals surface area contributed by atoms with Crippen LogP contribution in [0.5, 0.6) is 0 Å². The SMILES string of the molecule is CCC(O)(CN)C1=CCCCCCC1. The summed E-state index contributed by atoms with van der Waals surface area (Å²) in [5, 5.41) is 10.3. The summed E-state index contributed by atoms with van der Waals surface area (Å²) in [6.07, 6.45) is 10.2. The van der Waals surface area contributed by atoms with Gasteiger partial charge in [-0.15, -0.1) is 0 Å². The highest BCUT2D eigenvalue weighted by Gasteiger charge is 2.27. The lowest BCUT2D eigenvalue weighted by Crippen LogP contribution is -2.39. The minimum absolute atomic E-state index is 0.356. The molecule has 0 spiro atoms. The van der Waals surface area contributed by atoms with Crippen molar-refractivity contribution in [2.24, 2.45) is 5.73 Å². The van der Waals surface area contributed by atoms with Crippen molar-refractivity contribution in [2.75, 3.05) is 6.54 Å². The third-order valence-electron chi connectivity index (χ3n) is 3.31. The fourth-order valence-corrected chi connectivity index (χ4v) is 2.12. The molecule has 0 saturated carbocycles. The van der Waals surface area contributed by atoms with Gasteiger partial charge in [-0.1, -0.05) is 25.8 Å². The van der Waals surface area contributed by atoms with Gasteiger partial charge in [-0.25, -0.2) is 0 Å². The minimum Gasteiger partial charge on any atom is -0.384 e. The third-order valence-corrected chi connectivity index (χ3v) is 3.31. The van der Waals surface area contributed by atoms with E-state index in [4.69, 9.17) is 5.73 Å². The number of rotatable bonds is 3. The summed E-state index contributed by atoms with van der Waals surface area (Å²) >= 11 is 0. The quantitative estimate of drug-likeness (QED) is 0.682. The Morgan fingerprint density at radius 3 is 2.71 bits per heavy atom. The molecule has 14 heavy (non-hydrogen) atoms. The molecule has 1 aliphatic carbocycles. The summed E-state index contributed by atoms with van der Waals surface area (Å²) in [7, 11) is 0. The second-order valence-corrected chi connectivity index (χ2v) is 4.27. The molecule has 0 bridgehead atoms. The van der Waals surface area contributed by atoms with Crippen molar-refractivity contribution >= 4 is 0 Å². The van der Waals surface area contributed by atoms with Crippen molar-refractivity contribution < 1.29 is 5.11 Å². The number of aliphatic hydroxyl groups is 1. The first-order chi connectivity index (χ1) is 6.73. The summed E-state index contributed by atoms with van der Waals surface area (Å²) in [5.41, 5.74) is 6.11. The lowest BCUT2D eigenvalue weighted by molar-refractivity contribution is 0.0784. The fraction of sp³-hybridized carbons (Fsp3) is 0.833. The Labute approximate surface area is 87.2 Å². The maximum atomic E-state index is 10.3. The molecule has 0 aliphatic heterocycles. The molecule has 0 aromatic rings. The first-order valence-corrected chi connectivity index (χ1v) is 5.85. The zero-order chi connectivity index (χ0) is 10.4. The molecule has 82 valence electrons. The van der Waals surface area contributed by atoms with Crippen LogP contribution < -0.4 is 5.73 Å². The van der Waals surface area contributed by atoms with Crippen LogP contribution >= 0.6 is 0 Å². The van der Waals surface area contributed by atoms with Gasteiger partial charge in [-0.2, -0.15) is 0 Å². The van der Waals surface area contributed by atoms with Crippen molar-refractivity contribution in [1.29, 1.82) is 0 Å². The molecule has 0 aromatic heterocycles. The van der Waals surface area contributed by atoms with Gasteiger partial charge in [0.2, 0.25) is 0 Å². The molecular weight excluding hydrogens is 174 g/mol. The van der Waals surface area contributed by atoms with E-state index < -0.39 is 5.60 Å². The van der Waals surface area contributed by atoms with E-state index >= 15 is 0 Å². The first kappa shape index (κ1) is 11.7. The topological polar surface area (TPSA) is 46.2 Å². The third kappa shape index (κ3) is 2.82. The van der Waals surface area contributed by atoms with E-state index in [1.54, 1.807) is 0 Å². The summed E-state index contributed by atoms with van der Waals surface area (Å²) in [4.78, 5) is 0. The van der Waals surface area contributed by atoms with Crippen LogP contribution in [0.3, 0.4) is 0 Å². The summed E-state index contributed by atoms with van der Waals surface area (Å²) in [6, 6.07) is 0. The zero-order valence-electron chi connectivity index (χ0n) is 9.26. The molecule has 2 nitrogen and oxygen atoms in total. The van der Waals surface area contributed by atoms with E-state index in [1.165, 1.54) is 31.3 Å². The molecule has 1 rings (SSSR count). The van der Waals surface area contributed by atoms with Crippen molar-refractivity contribution in [3.63, 3.8) is 0 Å². The predicted octanol–water partition coefficient (Wildman–Crippen LogP) is 2.37. The molecule has 1 atom stereocenters. The maximum absolute atomic E-state index is 10.3. The van der Waals surface area contributed by atoms with E-state index in [0.717, 1.165) is 19.3 Å². The maximum Gasteiger partial charge on any atom is 0.0975 e. The number of allylic oxidation sites excluding steroid dienone is 1. The van der Waals surface area contributed by atoms with Crippen LogP contribution in [-0.2, 0) is 0 Å². The Morgan fingerprint density at radius 2 is 2.07 bits per heavy atom. The monoisotopic (exact) mass is 197 g/mol. The van der Waals surface area contributed by atoms with Crippen molar-refractivity contribution in [3.05, 3.63) is 11.6 Å². The van der Waals surface area contributed by atoms with Crippen LogP contribution in [0.25, 0.3) is 0 Å². The molecule has 0 aromatic carbocycles. The van der Waals surface area contributed by atoms with Crippen LogP contribution in [0, 0.1) is 0 Å². The Bertz CT molecular complexity index is 194. The van der Waals surface area contributed by atoms with E-state index in [2.05, 4.69) is 6.08 Å². The van der Waals surface area contributed by atoms with E-state index in [9.17, 15) is 5.11 Å². The molecule has 0 fully saturated rings. The van der Waals surface area contributed by atoms with Gasteiger partial charge in [0, 0.05) is 6.54 Å². The highest BCUT2D eigenvalue weighted by atomic mass is 16.3. The average molecular weight is 197 g/mol. The number of hydrogen-bond acceptors (Lipinski definition) is 2. The van der Waals surface area contributed by atoms with Crippen molar-refractivity contribution in [3.8, 4) is 0 Å². The zero-order valence-corrected chi connectivity index (χ0v) is 9.26. The lowest BCUT2D eigenvalue weighted by atomic mass is 9.85. The summed E-state index contributed by atoms with van der Waals surface area (Å²) in [6.45, 7) is 2.36. The first-order valence-electron chi connectivity index (χ1n) is 5.85. The summed E-state index contributed by atoms with van der Waals surface area (Å²) in [5.74, 6) is 0. The van der Waals surface area contributed by atoms with Crippen LogP contribution in [0.4, 0.5) is 0 Å².